The van der Waals surface area contributed by atoms with Gasteiger partial charge in [-0.2, -0.15) is 0 Å². The first-order chi connectivity index (χ1) is 10.7. The maximum atomic E-state index is 5.39. The molecule has 1 aliphatic rings. The van der Waals surface area contributed by atoms with Crippen LogP contribution in [0.1, 0.15) is 32.3 Å². The summed E-state index contributed by atoms with van der Waals surface area (Å²) < 4.78 is 10.7. The van der Waals surface area contributed by atoms with Crippen molar-refractivity contribution in [1.82, 2.24) is 9.80 Å². The molecule has 0 unspecified atom stereocenters. The molecule has 0 amide bonds. The van der Waals surface area contributed by atoms with Crippen LogP contribution in [-0.4, -0.2) is 56.2 Å². The predicted molar refractivity (Wildman–Crippen MR) is 90.8 cm³/mol. The summed E-state index contributed by atoms with van der Waals surface area (Å²) in [7, 11) is 3.37. The molecular weight excluding hydrogens is 276 g/mol. The van der Waals surface area contributed by atoms with E-state index in [4.69, 9.17) is 9.47 Å². The van der Waals surface area contributed by atoms with E-state index in [1.54, 1.807) is 14.2 Å². The Morgan fingerprint density at radius 2 is 1.59 bits per heavy atom. The summed E-state index contributed by atoms with van der Waals surface area (Å²) >= 11 is 0. The number of rotatable bonds is 7. The molecule has 124 valence electrons. The van der Waals surface area contributed by atoms with E-state index in [9.17, 15) is 0 Å². The third-order valence-electron chi connectivity index (χ3n) is 4.72. The summed E-state index contributed by atoms with van der Waals surface area (Å²) in [6, 6.07) is 6.97. The molecule has 2 rings (SSSR count). The number of nitrogens with zero attached hydrogens (tertiary/aromatic N) is 2. The van der Waals surface area contributed by atoms with Gasteiger partial charge in [0.05, 0.1) is 14.2 Å². The fourth-order valence-corrected chi connectivity index (χ4v) is 3.33. The van der Waals surface area contributed by atoms with Gasteiger partial charge < -0.3 is 9.47 Å². The standard InChI is InChI=1S/C18H30N2O2/c1-5-16(6-2)20-11-9-19(10-12-20)14-15-7-8-17(21-3)18(13-15)22-4/h7-8,13,16H,5-6,9-12,14H2,1-4H3. The van der Waals surface area contributed by atoms with Gasteiger partial charge in [0.25, 0.3) is 0 Å². The number of piperazine rings is 1. The van der Waals surface area contributed by atoms with E-state index in [-0.39, 0.29) is 0 Å². The Kier molecular flexibility index (Phi) is 6.52. The van der Waals surface area contributed by atoms with Crippen LogP contribution in [0, 0.1) is 0 Å². The predicted octanol–water partition coefficient (Wildman–Crippen LogP) is 3.01. The average molecular weight is 306 g/mol. The minimum atomic E-state index is 0.753. The monoisotopic (exact) mass is 306 g/mol. The van der Waals surface area contributed by atoms with E-state index < -0.39 is 0 Å². The zero-order chi connectivity index (χ0) is 15.9. The van der Waals surface area contributed by atoms with Crippen LogP contribution < -0.4 is 9.47 Å². The summed E-state index contributed by atoms with van der Waals surface area (Å²) in [5.74, 6) is 1.61. The molecule has 0 aliphatic carbocycles. The Bertz CT molecular complexity index is 452. The minimum Gasteiger partial charge on any atom is -0.493 e. The Morgan fingerprint density at radius 1 is 0.955 bits per heavy atom. The van der Waals surface area contributed by atoms with Gasteiger partial charge in [0, 0.05) is 38.8 Å². The highest BCUT2D eigenvalue weighted by atomic mass is 16.5. The van der Waals surface area contributed by atoms with Gasteiger partial charge in [-0.1, -0.05) is 19.9 Å². The van der Waals surface area contributed by atoms with E-state index in [0.717, 1.165) is 37.2 Å². The largest absolute Gasteiger partial charge is 0.493 e. The van der Waals surface area contributed by atoms with Gasteiger partial charge in [-0.15, -0.1) is 0 Å². The molecular formula is C18H30N2O2. The van der Waals surface area contributed by atoms with Crippen LogP contribution in [0.15, 0.2) is 18.2 Å². The molecule has 4 nitrogen and oxygen atoms in total. The van der Waals surface area contributed by atoms with Gasteiger partial charge in [-0.3, -0.25) is 9.80 Å². The lowest BCUT2D eigenvalue weighted by atomic mass is 10.1. The third kappa shape index (κ3) is 4.14. The molecule has 1 aromatic rings. The van der Waals surface area contributed by atoms with E-state index in [1.165, 1.54) is 31.5 Å². The molecule has 1 fully saturated rings. The Hall–Kier alpha value is -1.26. The summed E-state index contributed by atoms with van der Waals surface area (Å²) in [4.78, 5) is 5.17. The summed E-state index contributed by atoms with van der Waals surface area (Å²) in [5, 5.41) is 0. The smallest absolute Gasteiger partial charge is 0.161 e. The molecule has 0 aromatic heterocycles. The first-order valence-electron chi connectivity index (χ1n) is 8.39. The second-order valence-corrected chi connectivity index (χ2v) is 5.97. The molecule has 0 N–H and O–H groups in total. The Labute approximate surface area is 135 Å². The highest BCUT2D eigenvalue weighted by Crippen LogP contribution is 2.28. The molecule has 22 heavy (non-hydrogen) atoms. The maximum absolute atomic E-state index is 5.39. The summed E-state index contributed by atoms with van der Waals surface area (Å²) in [5.41, 5.74) is 1.29. The normalized spacial score (nSPS) is 17.0. The molecule has 0 bridgehead atoms. The zero-order valence-electron chi connectivity index (χ0n) is 14.5. The molecule has 0 spiro atoms. The Morgan fingerprint density at radius 3 is 2.14 bits per heavy atom. The molecule has 1 aromatic carbocycles. The van der Waals surface area contributed by atoms with Crippen molar-refractivity contribution in [2.75, 3.05) is 40.4 Å². The van der Waals surface area contributed by atoms with E-state index in [0.29, 0.717) is 0 Å². The average Bonchev–Trinajstić information content (AvgIpc) is 2.57. The first kappa shape index (κ1) is 17.1. The number of hydrogen-bond donors (Lipinski definition) is 0. The van der Waals surface area contributed by atoms with E-state index in [1.807, 2.05) is 6.07 Å². The van der Waals surface area contributed by atoms with Crippen molar-refractivity contribution in [3.05, 3.63) is 23.8 Å². The van der Waals surface area contributed by atoms with Gasteiger partial charge in [0.15, 0.2) is 11.5 Å². The fourth-order valence-electron chi connectivity index (χ4n) is 3.33. The number of methoxy groups -OCH3 is 2. The highest BCUT2D eigenvalue weighted by Gasteiger charge is 2.21. The van der Waals surface area contributed by atoms with Crippen molar-refractivity contribution < 1.29 is 9.47 Å². The molecule has 0 atom stereocenters. The highest BCUT2D eigenvalue weighted by molar-refractivity contribution is 5.42. The number of benzene rings is 1. The number of hydrogen-bond acceptors (Lipinski definition) is 4. The van der Waals surface area contributed by atoms with Gasteiger partial charge in [-0.25, -0.2) is 0 Å². The molecule has 1 heterocycles. The van der Waals surface area contributed by atoms with Crippen LogP contribution in [0.2, 0.25) is 0 Å². The molecule has 1 saturated heterocycles. The zero-order valence-corrected chi connectivity index (χ0v) is 14.5. The third-order valence-corrected chi connectivity index (χ3v) is 4.72. The van der Waals surface area contributed by atoms with Crippen LogP contribution in [0.4, 0.5) is 0 Å². The first-order valence-corrected chi connectivity index (χ1v) is 8.39. The van der Waals surface area contributed by atoms with Crippen LogP contribution in [0.5, 0.6) is 11.5 Å². The number of ether oxygens (including phenoxy) is 2. The second-order valence-electron chi connectivity index (χ2n) is 5.97. The summed E-state index contributed by atoms with van der Waals surface area (Å²) in [6.45, 7) is 10.2. The van der Waals surface area contributed by atoms with Crippen LogP contribution in [-0.2, 0) is 6.54 Å². The second kappa shape index (κ2) is 8.39. The van der Waals surface area contributed by atoms with Crippen LogP contribution in [0.3, 0.4) is 0 Å². The SMILES string of the molecule is CCC(CC)N1CCN(Cc2ccc(OC)c(OC)c2)CC1. The lowest BCUT2D eigenvalue weighted by Gasteiger charge is -2.38. The quantitative estimate of drug-likeness (QED) is 0.773. The Balaban J connectivity index is 1.90. The lowest BCUT2D eigenvalue weighted by Crippen LogP contribution is -2.49. The molecule has 0 saturated carbocycles. The molecule has 0 radical (unpaired) electrons. The van der Waals surface area contributed by atoms with Crippen molar-refractivity contribution in [3.63, 3.8) is 0 Å². The van der Waals surface area contributed by atoms with E-state index in [2.05, 4.69) is 35.8 Å². The van der Waals surface area contributed by atoms with Crippen LogP contribution >= 0.6 is 0 Å². The topological polar surface area (TPSA) is 24.9 Å². The fraction of sp³-hybridized carbons (Fsp3) is 0.667. The summed E-state index contributed by atoms with van der Waals surface area (Å²) in [6.07, 6.45) is 2.51. The molecule has 4 heteroatoms. The van der Waals surface area contributed by atoms with Gasteiger partial charge >= 0.3 is 0 Å². The molecule has 1 aliphatic heterocycles. The van der Waals surface area contributed by atoms with Crippen molar-refractivity contribution in [1.29, 1.82) is 0 Å². The van der Waals surface area contributed by atoms with Gasteiger partial charge in [0.2, 0.25) is 0 Å². The van der Waals surface area contributed by atoms with Crippen molar-refractivity contribution in [2.45, 2.75) is 39.3 Å². The van der Waals surface area contributed by atoms with E-state index >= 15 is 0 Å². The van der Waals surface area contributed by atoms with Crippen molar-refractivity contribution in [2.24, 2.45) is 0 Å². The van der Waals surface area contributed by atoms with Gasteiger partial charge in [0.1, 0.15) is 0 Å². The van der Waals surface area contributed by atoms with Gasteiger partial charge in [-0.05, 0) is 30.5 Å². The van der Waals surface area contributed by atoms with Crippen molar-refractivity contribution >= 4 is 0 Å². The maximum Gasteiger partial charge on any atom is 0.161 e. The lowest BCUT2D eigenvalue weighted by molar-refractivity contribution is 0.0880. The van der Waals surface area contributed by atoms with Crippen molar-refractivity contribution in [3.8, 4) is 11.5 Å². The van der Waals surface area contributed by atoms with Crippen LogP contribution in [0.25, 0.3) is 0 Å². The minimum absolute atomic E-state index is 0.753.